The topological polar surface area (TPSA) is 96.4 Å². The molecule has 1 aromatic carbocycles. The molecular weight excluding hydrogens is 364 g/mol. The van der Waals surface area contributed by atoms with Crippen molar-refractivity contribution in [3.05, 3.63) is 42.2 Å². The zero-order chi connectivity index (χ0) is 19.4. The Balaban J connectivity index is 1.80. The molecule has 2 aromatic heterocycles. The number of rotatable bonds is 7. The Morgan fingerprint density at radius 3 is 2.74 bits per heavy atom. The molecule has 0 aliphatic carbocycles. The summed E-state index contributed by atoms with van der Waals surface area (Å²) in [6.45, 7) is 4.15. The molecule has 0 spiro atoms. The van der Waals surface area contributed by atoms with Gasteiger partial charge in [-0.25, -0.2) is 4.98 Å². The SMILES string of the molecule is CNC(=O)c1cc(Oc2ccc3nc(NC(CO)C(C)C)sc3c2)ccn1. The van der Waals surface area contributed by atoms with E-state index in [-0.39, 0.29) is 18.6 Å². The Morgan fingerprint density at radius 1 is 1.26 bits per heavy atom. The van der Waals surface area contributed by atoms with Gasteiger partial charge in [0.05, 0.1) is 22.9 Å². The number of thiazole rings is 1. The van der Waals surface area contributed by atoms with Gasteiger partial charge in [0.2, 0.25) is 0 Å². The van der Waals surface area contributed by atoms with Crippen molar-refractivity contribution in [3.8, 4) is 11.5 Å². The molecule has 1 amide bonds. The highest BCUT2D eigenvalue weighted by Gasteiger charge is 2.14. The lowest BCUT2D eigenvalue weighted by Gasteiger charge is -2.18. The molecule has 3 N–H and O–H groups in total. The van der Waals surface area contributed by atoms with Crippen molar-refractivity contribution in [1.29, 1.82) is 0 Å². The first-order valence-corrected chi connectivity index (χ1v) is 9.45. The Labute approximate surface area is 161 Å². The van der Waals surface area contributed by atoms with Crippen LogP contribution in [-0.4, -0.2) is 40.7 Å². The van der Waals surface area contributed by atoms with Crippen molar-refractivity contribution in [2.45, 2.75) is 19.9 Å². The first kappa shape index (κ1) is 19.1. The smallest absolute Gasteiger partial charge is 0.269 e. The standard InChI is InChI=1S/C19H22N4O3S/c1-11(2)16(10-24)23-19-22-14-5-4-12(9-17(14)27-19)26-13-6-7-21-15(8-13)18(25)20-3/h4-9,11,16,24H,10H2,1-3H3,(H,20,25)(H,22,23). The Hall–Kier alpha value is -2.71. The fourth-order valence-corrected chi connectivity index (χ4v) is 3.43. The first-order chi connectivity index (χ1) is 13.0. The minimum absolute atomic E-state index is 0.0405. The van der Waals surface area contributed by atoms with E-state index < -0.39 is 0 Å². The number of ether oxygens (including phenoxy) is 1. The lowest BCUT2D eigenvalue weighted by atomic mass is 10.1. The van der Waals surface area contributed by atoms with Crippen molar-refractivity contribution in [2.24, 2.45) is 5.92 Å². The molecule has 27 heavy (non-hydrogen) atoms. The van der Waals surface area contributed by atoms with Gasteiger partial charge in [0.25, 0.3) is 5.91 Å². The van der Waals surface area contributed by atoms with E-state index in [0.717, 1.165) is 15.3 Å². The molecule has 0 bridgehead atoms. The summed E-state index contributed by atoms with van der Waals surface area (Å²) >= 11 is 1.50. The molecular formula is C19H22N4O3S. The molecule has 1 atom stereocenters. The minimum Gasteiger partial charge on any atom is -0.457 e. The van der Waals surface area contributed by atoms with Crippen LogP contribution >= 0.6 is 11.3 Å². The normalized spacial score (nSPS) is 12.2. The number of hydrogen-bond acceptors (Lipinski definition) is 7. The summed E-state index contributed by atoms with van der Waals surface area (Å²) in [5, 5.41) is 16.1. The number of carbonyl (C=O) groups excluding carboxylic acids is 1. The van der Waals surface area contributed by atoms with E-state index in [1.54, 1.807) is 19.2 Å². The van der Waals surface area contributed by atoms with Crippen LogP contribution in [0.15, 0.2) is 36.5 Å². The molecule has 0 aliphatic heterocycles. The lowest BCUT2D eigenvalue weighted by molar-refractivity contribution is 0.0958. The fraction of sp³-hybridized carbons (Fsp3) is 0.316. The zero-order valence-electron chi connectivity index (χ0n) is 15.4. The summed E-state index contributed by atoms with van der Waals surface area (Å²) in [6, 6.07) is 8.87. The number of aromatic nitrogens is 2. The van der Waals surface area contributed by atoms with Gasteiger partial charge in [0.1, 0.15) is 17.2 Å². The number of nitrogens with zero attached hydrogens (tertiary/aromatic N) is 2. The number of benzene rings is 1. The van der Waals surface area contributed by atoms with Crippen LogP contribution in [0.25, 0.3) is 10.2 Å². The molecule has 3 rings (SSSR count). The number of amides is 1. The largest absolute Gasteiger partial charge is 0.457 e. The van der Waals surface area contributed by atoms with E-state index in [0.29, 0.717) is 23.1 Å². The van der Waals surface area contributed by atoms with Gasteiger partial charge in [-0.1, -0.05) is 25.2 Å². The highest BCUT2D eigenvalue weighted by Crippen LogP contribution is 2.32. The number of pyridine rings is 1. The zero-order valence-corrected chi connectivity index (χ0v) is 16.2. The molecule has 8 heteroatoms. The Morgan fingerprint density at radius 2 is 2.04 bits per heavy atom. The third-order valence-corrected chi connectivity index (χ3v) is 5.05. The molecule has 2 heterocycles. The molecule has 0 aliphatic rings. The van der Waals surface area contributed by atoms with Gasteiger partial charge in [0, 0.05) is 25.4 Å². The van der Waals surface area contributed by atoms with Crippen LogP contribution in [0, 0.1) is 5.92 Å². The number of aliphatic hydroxyl groups excluding tert-OH is 1. The van der Waals surface area contributed by atoms with Gasteiger partial charge in [-0.2, -0.15) is 0 Å². The molecule has 0 fully saturated rings. The maximum Gasteiger partial charge on any atom is 0.269 e. The number of anilines is 1. The second-order valence-corrected chi connectivity index (χ2v) is 7.41. The quantitative estimate of drug-likeness (QED) is 0.577. The monoisotopic (exact) mass is 386 g/mol. The predicted octanol–water partition coefficient (Wildman–Crippen LogP) is 3.27. The van der Waals surface area contributed by atoms with Gasteiger partial charge < -0.3 is 20.5 Å². The number of fused-ring (bicyclic) bond motifs is 1. The summed E-state index contributed by atoms with van der Waals surface area (Å²) in [5.74, 6) is 1.21. The summed E-state index contributed by atoms with van der Waals surface area (Å²) < 4.78 is 6.84. The van der Waals surface area contributed by atoms with Gasteiger partial charge in [0.15, 0.2) is 5.13 Å². The van der Waals surface area contributed by atoms with Crippen LogP contribution in [0.3, 0.4) is 0 Å². The van der Waals surface area contributed by atoms with Gasteiger partial charge >= 0.3 is 0 Å². The fourth-order valence-electron chi connectivity index (χ4n) is 2.47. The summed E-state index contributed by atoms with van der Waals surface area (Å²) in [7, 11) is 1.56. The van der Waals surface area contributed by atoms with E-state index in [4.69, 9.17) is 4.74 Å². The molecule has 0 saturated heterocycles. The second kappa shape index (κ2) is 8.32. The number of aliphatic hydroxyl groups is 1. The molecule has 3 aromatic rings. The van der Waals surface area contributed by atoms with E-state index in [1.165, 1.54) is 17.5 Å². The average Bonchev–Trinajstić information content (AvgIpc) is 3.07. The second-order valence-electron chi connectivity index (χ2n) is 6.38. The van der Waals surface area contributed by atoms with E-state index in [2.05, 4.69) is 34.4 Å². The highest BCUT2D eigenvalue weighted by molar-refractivity contribution is 7.22. The van der Waals surface area contributed by atoms with Crippen molar-refractivity contribution < 1.29 is 14.6 Å². The van der Waals surface area contributed by atoms with Gasteiger partial charge in [-0.15, -0.1) is 0 Å². The summed E-state index contributed by atoms with van der Waals surface area (Å²) in [4.78, 5) is 20.3. The Kier molecular flexibility index (Phi) is 5.88. The van der Waals surface area contributed by atoms with E-state index in [1.807, 2.05) is 18.2 Å². The van der Waals surface area contributed by atoms with Crippen LogP contribution in [-0.2, 0) is 0 Å². The lowest BCUT2D eigenvalue weighted by Crippen LogP contribution is -2.29. The minimum atomic E-state index is -0.266. The molecule has 142 valence electrons. The van der Waals surface area contributed by atoms with Crippen molar-refractivity contribution in [2.75, 3.05) is 19.0 Å². The van der Waals surface area contributed by atoms with Gasteiger partial charge in [-0.05, 0) is 24.1 Å². The predicted molar refractivity (Wildman–Crippen MR) is 107 cm³/mol. The number of hydrogen-bond donors (Lipinski definition) is 3. The van der Waals surface area contributed by atoms with Crippen LogP contribution < -0.4 is 15.4 Å². The number of nitrogens with one attached hydrogen (secondary N) is 2. The summed E-state index contributed by atoms with van der Waals surface area (Å²) in [5.41, 5.74) is 1.15. The molecule has 1 unspecified atom stereocenters. The van der Waals surface area contributed by atoms with Gasteiger partial charge in [-0.3, -0.25) is 9.78 Å². The van der Waals surface area contributed by atoms with Crippen molar-refractivity contribution >= 4 is 32.6 Å². The maximum absolute atomic E-state index is 11.7. The van der Waals surface area contributed by atoms with Crippen LogP contribution in [0.4, 0.5) is 5.13 Å². The third-order valence-electron chi connectivity index (χ3n) is 4.10. The summed E-state index contributed by atoms with van der Waals surface area (Å²) in [6.07, 6.45) is 1.54. The first-order valence-electron chi connectivity index (χ1n) is 8.64. The van der Waals surface area contributed by atoms with Crippen LogP contribution in [0.2, 0.25) is 0 Å². The molecule has 0 saturated carbocycles. The van der Waals surface area contributed by atoms with Crippen LogP contribution in [0.1, 0.15) is 24.3 Å². The Bertz CT molecular complexity index is 942. The van der Waals surface area contributed by atoms with Crippen LogP contribution in [0.5, 0.6) is 11.5 Å². The third kappa shape index (κ3) is 4.53. The van der Waals surface area contributed by atoms with E-state index in [9.17, 15) is 9.90 Å². The van der Waals surface area contributed by atoms with E-state index >= 15 is 0 Å². The number of carbonyl (C=O) groups is 1. The average molecular weight is 386 g/mol. The maximum atomic E-state index is 11.7. The highest BCUT2D eigenvalue weighted by atomic mass is 32.1. The van der Waals surface area contributed by atoms with Crippen molar-refractivity contribution in [1.82, 2.24) is 15.3 Å². The molecule has 7 nitrogen and oxygen atoms in total. The molecule has 0 radical (unpaired) electrons. The van der Waals surface area contributed by atoms with Crippen molar-refractivity contribution in [3.63, 3.8) is 0 Å².